The van der Waals surface area contributed by atoms with Crippen molar-refractivity contribution < 1.29 is 9.72 Å². The highest BCUT2D eigenvalue weighted by Crippen LogP contribution is 2.21. The van der Waals surface area contributed by atoms with Crippen molar-refractivity contribution in [1.29, 1.82) is 0 Å². The van der Waals surface area contributed by atoms with Crippen molar-refractivity contribution in [2.24, 2.45) is 0 Å². The van der Waals surface area contributed by atoms with E-state index in [2.05, 4.69) is 37.2 Å². The molecule has 1 N–H and O–H groups in total. The third-order valence-electron chi connectivity index (χ3n) is 3.24. The van der Waals surface area contributed by atoms with E-state index in [9.17, 15) is 14.9 Å². The molecule has 0 aliphatic carbocycles. The molecule has 110 valence electrons. The molecule has 0 saturated heterocycles. The van der Waals surface area contributed by atoms with E-state index in [1.54, 1.807) is 19.1 Å². The molecular weight excluding hydrogens is 392 g/mol. The zero-order valence-corrected chi connectivity index (χ0v) is 14.5. The van der Waals surface area contributed by atoms with E-state index in [0.717, 1.165) is 6.42 Å². The van der Waals surface area contributed by atoms with Crippen LogP contribution in [0.1, 0.15) is 29.3 Å². The topological polar surface area (TPSA) is 72.2 Å². The van der Waals surface area contributed by atoms with E-state index in [-0.39, 0.29) is 11.6 Å². The van der Waals surface area contributed by atoms with Gasteiger partial charge in [0.05, 0.1) is 10.5 Å². The Kier molecular flexibility index (Phi) is 6.13. The Hall–Kier alpha value is -0.950. The summed E-state index contributed by atoms with van der Waals surface area (Å²) in [5.41, 5.74) is 0.380. The molecule has 0 atom stereocenters. The molecule has 1 rings (SSSR count). The Morgan fingerprint density at radius 1 is 1.40 bits per heavy atom. The van der Waals surface area contributed by atoms with Crippen molar-refractivity contribution in [3.05, 3.63) is 39.4 Å². The summed E-state index contributed by atoms with van der Waals surface area (Å²) >= 11 is 6.78. The van der Waals surface area contributed by atoms with E-state index in [1.165, 1.54) is 6.07 Å². The molecular formula is C13H16Br2N2O3. The van der Waals surface area contributed by atoms with Crippen LogP contribution in [0.3, 0.4) is 0 Å². The number of alkyl halides is 2. The van der Waals surface area contributed by atoms with Gasteiger partial charge in [-0.05, 0) is 19.4 Å². The molecule has 0 fully saturated rings. The number of rotatable bonds is 6. The van der Waals surface area contributed by atoms with Gasteiger partial charge in [0, 0.05) is 27.9 Å². The van der Waals surface area contributed by atoms with Gasteiger partial charge in [0.25, 0.3) is 11.6 Å². The minimum absolute atomic E-state index is 0.0440. The molecule has 0 saturated carbocycles. The summed E-state index contributed by atoms with van der Waals surface area (Å²) in [4.78, 5) is 22.7. The molecule has 1 aromatic rings. The fraction of sp³-hybridized carbons (Fsp3) is 0.462. The second kappa shape index (κ2) is 7.17. The average Bonchev–Trinajstić information content (AvgIpc) is 2.45. The first kappa shape index (κ1) is 17.1. The highest BCUT2D eigenvalue weighted by atomic mass is 79.9. The lowest BCUT2D eigenvalue weighted by Crippen LogP contribution is -2.51. The predicted octanol–water partition coefficient (Wildman–Crippen LogP) is 3.57. The van der Waals surface area contributed by atoms with Crippen LogP contribution >= 0.6 is 31.9 Å². The monoisotopic (exact) mass is 406 g/mol. The quantitative estimate of drug-likeness (QED) is 0.445. The van der Waals surface area contributed by atoms with Crippen molar-refractivity contribution >= 4 is 43.5 Å². The lowest BCUT2D eigenvalue weighted by molar-refractivity contribution is -0.385. The molecule has 0 aromatic heterocycles. The Morgan fingerprint density at radius 2 is 2.00 bits per heavy atom. The van der Waals surface area contributed by atoms with Gasteiger partial charge in [0.2, 0.25) is 0 Å². The Labute approximate surface area is 134 Å². The van der Waals surface area contributed by atoms with Crippen molar-refractivity contribution in [3.8, 4) is 0 Å². The van der Waals surface area contributed by atoms with Crippen LogP contribution in [0, 0.1) is 17.0 Å². The Morgan fingerprint density at radius 3 is 2.45 bits per heavy atom. The number of carbonyl (C=O) groups is 1. The maximum absolute atomic E-state index is 12.2. The highest BCUT2D eigenvalue weighted by Gasteiger charge is 2.28. The van der Waals surface area contributed by atoms with E-state index >= 15 is 0 Å². The minimum Gasteiger partial charge on any atom is -0.345 e. The van der Waals surface area contributed by atoms with Crippen LogP contribution in [0.25, 0.3) is 0 Å². The number of nitro groups is 1. The molecule has 1 aromatic carbocycles. The summed E-state index contributed by atoms with van der Waals surface area (Å²) in [5.74, 6) is -0.311. The van der Waals surface area contributed by atoms with Gasteiger partial charge in [-0.3, -0.25) is 14.9 Å². The largest absolute Gasteiger partial charge is 0.345 e. The van der Waals surface area contributed by atoms with Crippen molar-refractivity contribution in [3.63, 3.8) is 0 Å². The predicted molar refractivity (Wildman–Crippen MR) is 85.9 cm³/mol. The first-order chi connectivity index (χ1) is 9.39. The molecule has 0 bridgehead atoms. The maximum Gasteiger partial charge on any atom is 0.273 e. The Bertz CT molecular complexity index is 508. The van der Waals surface area contributed by atoms with E-state index in [1.807, 2.05) is 6.92 Å². The van der Waals surface area contributed by atoms with Crippen molar-refractivity contribution in [2.75, 3.05) is 10.7 Å². The van der Waals surface area contributed by atoms with Gasteiger partial charge < -0.3 is 5.32 Å². The highest BCUT2D eigenvalue weighted by molar-refractivity contribution is 9.09. The summed E-state index contributed by atoms with van der Waals surface area (Å²) in [7, 11) is 0. The van der Waals surface area contributed by atoms with Crippen LogP contribution in [0.2, 0.25) is 0 Å². The summed E-state index contributed by atoms with van der Waals surface area (Å²) in [6, 6.07) is 4.50. The van der Waals surface area contributed by atoms with Gasteiger partial charge in [-0.15, -0.1) is 0 Å². The summed E-state index contributed by atoms with van der Waals surface area (Å²) in [6.07, 6.45) is 0.739. The molecule has 0 aliphatic heterocycles. The number of hydrogen-bond acceptors (Lipinski definition) is 3. The fourth-order valence-corrected chi connectivity index (χ4v) is 3.64. The number of carbonyl (C=O) groups excluding carboxylic acids is 1. The normalized spacial score (nSPS) is 11.2. The van der Waals surface area contributed by atoms with Crippen LogP contribution in [0.5, 0.6) is 0 Å². The zero-order valence-electron chi connectivity index (χ0n) is 11.3. The van der Waals surface area contributed by atoms with Gasteiger partial charge in [-0.1, -0.05) is 44.8 Å². The first-order valence-corrected chi connectivity index (χ1v) is 8.33. The number of nitrogens with one attached hydrogen (secondary N) is 1. The number of amides is 1. The number of halogens is 2. The number of hydrogen-bond donors (Lipinski definition) is 1. The summed E-state index contributed by atoms with van der Waals surface area (Å²) < 4.78 is 0. The average molecular weight is 408 g/mol. The first-order valence-electron chi connectivity index (χ1n) is 6.08. The zero-order chi connectivity index (χ0) is 15.3. The fourth-order valence-electron chi connectivity index (χ4n) is 1.64. The number of aryl methyl sites for hydroxylation is 1. The molecule has 5 nitrogen and oxygen atoms in total. The maximum atomic E-state index is 12.2. The van der Waals surface area contributed by atoms with Gasteiger partial charge in [0.15, 0.2) is 0 Å². The van der Waals surface area contributed by atoms with Crippen LogP contribution in [-0.4, -0.2) is 27.0 Å². The smallest absolute Gasteiger partial charge is 0.273 e. The third kappa shape index (κ3) is 3.79. The summed E-state index contributed by atoms with van der Waals surface area (Å²) in [5, 5.41) is 15.0. The SMILES string of the molecule is CCC(CBr)(CBr)NC(=O)c1ccc(C)c([N+](=O)[O-])c1. The summed E-state index contributed by atoms with van der Waals surface area (Å²) in [6.45, 7) is 3.62. The Balaban J connectivity index is 3.04. The molecule has 0 heterocycles. The van der Waals surface area contributed by atoms with Crippen LogP contribution in [-0.2, 0) is 0 Å². The molecule has 20 heavy (non-hydrogen) atoms. The molecule has 1 amide bonds. The van der Waals surface area contributed by atoms with Gasteiger partial charge in [-0.2, -0.15) is 0 Å². The number of nitro benzene ring substituents is 1. The minimum atomic E-state index is -0.478. The van der Waals surface area contributed by atoms with Crippen LogP contribution < -0.4 is 5.32 Å². The lowest BCUT2D eigenvalue weighted by Gasteiger charge is -2.30. The lowest BCUT2D eigenvalue weighted by atomic mass is 10.0. The number of benzene rings is 1. The van der Waals surface area contributed by atoms with Gasteiger partial charge >= 0.3 is 0 Å². The van der Waals surface area contributed by atoms with Gasteiger partial charge in [-0.25, -0.2) is 0 Å². The molecule has 7 heteroatoms. The van der Waals surface area contributed by atoms with Crippen molar-refractivity contribution in [2.45, 2.75) is 25.8 Å². The van der Waals surface area contributed by atoms with Crippen LogP contribution in [0.15, 0.2) is 18.2 Å². The molecule has 0 spiro atoms. The third-order valence-corrected chi connectivity index (χ3v) is 5.38. The van der Waals surface area contributed by atoms with E-state index < -0.39 is 10.5 Å². The molecule has 0 aliphatic rings. The van der Waals surface area contributed by atoms with Crippen LogP contribution in [0.4, 0.5) is 5.69 Å². The van der Waals surface area contributed by atoms with E-state index in [0.29, 0.717) is 21.8 Å². The van der Waals surface area contributed by atoms with Gasteiger partial charge in [0.1, 0.15) is 0 Å². The molecule has 0 unspecified atom stereocenters. The number of nitrogens with zero attached hydrogens (tertiary/aromatic N) is 1. The molecule has 0 radical (unpaired) electrons. The standard InChI is InChI=1S/C13H16Br2N2O3/c1-3-13(7-14,8-15)16-12(18)10-5-4-9(2)11(6-10)17(19)20/h4-6H,3,7-8H2,1-2H3,(H,16,18). The second-order valence-corrected chi connectivity index (χ2v) is 5.74. The van der Waals surface area contributed by atoms with E-state index in [4.69, 9.17) is 0 Å². The second-order valence-electron chi connectivity index (χ2n) is 4.61. The van der Waals surface area contributed by atoms with Crippen molar-refractivity contribution in [1.82, 2.24) is 5.32 Å².